The Balaban J connectivity index is 2.49. The Morgan fingerprint density at radius 3 is 2.52 bits per heavy atom. The maximum absolute atomic E-state index is 14.3. The largest absolute Gasteiger partial charge is 0.465 e. The number of ether oxygens (including phenoxy) is 1. The predicted octanol–water partition coefficient (Wildman–Crippen LogP) is 4.78. The van der Waals surface area contributed by atoms with Gasteiger partial charge in [-0.05, 0) is 30.9 Å². The van der Waals surface area contributed by atoms with E-state index in [1.165, 1.54) is 7.11 Å². The minimum Gasteiger partial charge on any atom is -0.465 e. The van der Waals surface area contributed by atoms with E-state index in [-0.39, 0.29) is 11.9 Å². The summed E-state index contributed by atoms with van der Waals surface area (Å²) in [6, 6.07) is 5.16. The number of carbonyl (C=O) groups is 1. The topological polar surface area (TPSA) is 42.1 Å². The average molecular weight is 291 g/mol. The summed E-state index contributed by atoms with van der Waals surface area (Å²) in [7, 11) is 1.34. The highest BCUT2D eigenvalue weighted by Gasteiger charge is 2.21. The number of hydrogen-bond acceptors (Lipinski definition) is 2. The van der Waals surface area contributed by atoms with E-state index < -0.39 is 5.97 Å². The molecule has 0 aliphatic rings. The molecule has 0 fully saturated rings. The summed E-state index contributed by atoms with van der Waals surface area (Å²) in [6.45, 7) is 4.23. The van der Waals surface area contributed by atoms with Crippen LogP contribution in [0.1, 0.15) is 61.4 Å². The first-order valence-corrected chi connectivity index (χ1v) is 7.51. The van der Waals surface area contributed by atoms with Crippen molar-refractivity contribution in [1.29, 1.82) is 0 Å². The number of methoxy groups -OCH3 is 1. The lowest BCUT2D eigenvalue weighted by molar-refractivity contribution is 0.0601. The van der Waals surface area contributed by atoms with Crippen LogP contribution in [0.25, 0.3) is 10.9 Å². The van der Waals surface area contributed by atoms with E-state index in [1.54, 1.807) is 12.1 Å². The van der Waals surface area contributed by atoms with Crippen molar-refractivity contribution < 1.29 is 13.9 Å². The standard InChI is InChI=1S/C17H22FNO2/c1-4-6-11(7-5-2)15-13-9-8-12(17(20)21-3)10-14(13)19-16(15)18/h8-11,19H,4-7H2,1-3H3. The van der Waals surface area contributed by atoms with Crippen LogP contribution in [0, 0.1) is 5.95 Å². The molecule has 1 aromatic carbocycles. The highest BCUT2D eigenvalue weighted by molar-refractivity contribution is 5.95. The zero-order chi connectivity index (χ0) is 15.4. The third-order valence-corrected chi connectivity index (χ3v) is 3.89. The zero-order valence-corrected chi connectivity index (χ0v) is 12.8. The molecule has 3 nitrogen and oxygen atoms in total. The third kappa shape index (κ3) is 3.09. The van der Waals surface area contributed by atoms with Crippen molar-refractivity contribution in [2.24, 2.45) is 0 Å². The molecular weight excluding hydrogens is 269 g/mol. The number of esters is 1. The molecule has 0 amide bonds. The zero-order valence-electron chi connectivity index (χ0n) is 12.8. The van der Waals surface area contributed by atoms with Gasteiger partial charge in [0.05, 0.1) is 12.7 Å². The van der Waals surface area contributed by atoms with Gasteiger partial charge in [0.1, 0.15) is 0 Å². The maximum Gasteiger partial charge on any atom is 0.337 e. The molecule has 0 spiro atoms. The number of halogens is 1. The summed E-state index contributed by atoms with van der Waals surface area (Å²) >= 11 is 0. The van der Waals surface area contributed by atoms with Gasteiger partial charge in [0.2, 0.25) is 0 Å². The van der Waals surface area contributed by atoms with E-state index in [0.717, 1.165) is 36.6 Å². The van der Waals surface area contributed by atoms with Crippen LogP contribution in [-0.4, -0.2) is 18.1 Å². The van der Waals surface area contributed by atoms with Crippen LogP contribution >= 0.6 is 0 Å². The summed E-state index contributed by atoms with van der Waals surface area (Å²) in [4.78, 5) is 14.3. The van der Waals surface area contributed by atoms with Crippen molar-refractivity contribution >= 4 is 16.9 Å². The van der Waals surface area contributed by atoms with Gasteiger partial charge >= 0.3 is 5.97 Å². The van der Waals surface area contributed by atoms with Crippen molar-refractivity contribution in [1.82, 2.24) is 4.98 Å². The summed E-state index contributed by atoms with van der Waals surface area (Å²) in [6.07, 6.45) is 3.99. The maximum atomic E-state index is 14.3. The Labute approximate surface area is 124 Å². The van der Waals surface area contributed by atoms with E-state index in [9.17, 15) is 9.18 Å². The highest BCUT2D eigenvalue weighted by Crippen LogP contribution is 2.34. The molecule has 0 aliphatic carbocycles. The molecule has 1 heterocycles. The second kappa shape index (κ2) is 6.74. The van der Waals surface area contributed by atoms with Gasteiger partial charge in [-0.15, -0.1) is 0 Å². The van der Waals surface area contributed by atoms with Gasteiger partial charge in [0.25, 0.3) is 0 Å². The van der Waals surface area contributed by atoms with Crippen molar-refractivity contribution in [3.63, 3.8) is 0 Å². The van der Waals surface area contributed by atoms with E-state index in [4.69, 9.17) is 4.74 Å². The Morgan fingerprint density at radius 2 is 1.95 bits per heavy atom. The fourth-order valence-electron chi connectivity index (χ4n) is 2.96. The number of benzene rings is 1. The molecule has 0 aliphatic heterocycles. The van der Waals surface area contributed by atoms with Gasteiger partial charge < -0.3 is 9.72 Å². The van der Waals surface area contributed by atoms with Crippen LogP contribution in [0.15, 0.2) is 18.2 Å². The average Bonchev–Trinajstić information content (AvgIpc) is 2.81. The molecule has 4 heteroatoms. The number of carbonyl (C=O) groups excluding carboxylic acids is 1. The highest BCUT2D eigenvalue weighted by atomic mass is 19.1. The van der Waals surface area contributed by atoms with Crippen LogP contribution in [-0.2, 0) is 4.74 Å². The van der Waals surface area contributed by atoms with Crippen molar-refractivity contribution in [2.75, 3.05) is 7.11 Å². The molecule has 0 radical (unpaired) electrons. The molecule has 0 atom stereocenters. The van der Waals surface area contributed by atoms with Crippen molar-refractivity contribution in [2.45, 2.75) is 45.4 Å². The first-order valence-electron chi connectivity index (χ1n) is 7.51. The lowest BCUT2D eigenvalue weighted by Crippen LogP contribution is -2.01. The van der Waals surface area contributed by atoms with Gasteiger partial charge in [-0.25, -0.2) is 4.79 Å². The Bertz CT molecular complexity index is 627. The van der Waals surface area contributed by atoms with Crippen LogP contribution in [0.2, 0.25) is 0 Å². The summed E-state index contributed by atoms with van der Waals surface area (Å²) in [5.74, 6) is -0.469. The van der Waals surface area contributed by atoms with Crippen molar-refractivity contribution in [3.05, 3.63) is 35.3 Å². The number of aromatic nitrogens is 1. The number of fused-ring (bicyclic) bond motifs is 1. The number of rotatable bonds is 6. The van der Waals surface area contributed by atoms with E-state index in [1.807, 2.05) is 6.07 Å². The van der Waals surface area contributed by atoms with E-state index in [0.29, 0.717) is 11.1 Å². The first kappa shape index (κ1) is 15.5. The first-order chi connectivity index (χ1) is 10.1. The minimum atomic E-state index is -0.410. The number of hydrogen-bond donors (Lipinski definition) is 1. The molecular formula is C17H22FNO2. The summed E-state index contributed by atoms with van der Waals surface area (Å²) < 4.78 is 19.0. The molecule has 0 bridgehead atoms. The van der Waals surface area contributed by atoms with Crippen LogP contribution in [0.4, 0.5) is 4.39 Å². The molecule has 1 N–H and O–H groups in total. The second-order valence-electron chi connectivity index (χ2n) is 5.38. The van der Waals surface area contributed by atoms with E-state index in [2.05, 4.69) is 18.8 Å². The van der Waals surface area contributed by atoms with Crippen molar-refractivity contribution in [3.8, 4) is 0 Å². The molecule has 21 heavy (non-hydrogen) atoms. The fraction of sp³-hybridized carbons (Fsp3) is 0.471. The fourth-order valence-corrected chi connectivity index (χ4v) is 2.96. The molecule has 0 saturated heterocycles. The molecule has 2 aromatic rings. The monoisotopic (exact) mass is 291 g/mol. The third-order valence-electron chi connectivity index (χ3n) is 3.89. The Kier molecular flexibility index (Phi) is 4.99. The molecule has 1 aromatic heterocycles. The summed E-state index contributed by atoms with van der Waals surface area (Å²) in [5, 5.41) is 0.868. The normalized spacial score (nSPS) is 11.3. The molecule has 2 rings (SSSR count). The number of H-pyrrole nitrogens is 1. The van der Waals surface area contributed by atoms with Gasteiger partial charge in [-0.2, -0.15) is 4.39 Å². The van der Waals surface area contributed by atoms with Crippen LogP contribution in [0.3, 0.4) is 0 Å². The quantitative estimate of drug-likeness (QED) is 0.778. The molecule has 0 unspecified atom stereocenters. The predicted molar refractivity (Wildman–Crippen MR) is 82.2 cm³/mol. The van der Waals surface area contributed by atoms with Gasteiger partial charge in [0, 0.05) is 16.5 Å². The van der Waals surface area contributed by atoms with Gasteiger partial charge in [-0.1, -0.05) is 32.8 Å². The lowest BCUT2D eigenvalue weighted by Gasteiger charge is -2.14. The van der Waals surface area contributed by atoms with Gasteiger partial charge in [0.15, 0.2) is 5.95 Å². The van der Waals surface area contributed by atoms with E-state index >= 15 is 0 Å². The lowest BCUT2D eigenvalue weighted by atomic mass is 9.90. The second-order valence-corrected chi connectivity index (χ2v) is 5.38. The van der Waals surface area contributed by atoms with Crippen LogP contribution < -0.4 is 0 Å². The smallest absolute Gasteiger partial charge is 0.337 e. The SMILES string of the molecule is CCCC(CCC)c1c(F)[nH]c2cc(C(=O)OC)ccc12. The Hall–Kier alpha value is -1.84. The molecule has 0 saturated carbocycles. The van der Waals surface area contributed by atoms with Gasteiger partial charge in [-0.3, -0.25) is 0 Å². The van der Waals surface area contributed by atoms with Crippen LogP contribution in [0.5, 0.6) is 0 Å². The molecule has 114 valence electrons. The minimum absolute atomic E-state index is 0.220. The number of nitrogens with one attached hydrogen (secondary N) is 1. The summed E-state index contributed by atoms with van der Waals surface area (Å²) in [5.41, 5.74) is 1.84. The number of aromatic amines is 1. The Morgan fingerprint density at radius 1 is 1.29 bits per heavy atom.